The maximum Gasteiger partial charge on any atom is 0.403 e. The van der Waals surface area contributed by atoms with E-state index in [1.807, 2.05) is 0 Å². The second-order valence-corrected chi connectivity index (χ2v) is 11.2. The van der Waals surface area contributed by atoms with E-state index in [1.54, 1.807) is 11.2 Å². The van der Waals surface area contributed by atoms with Crippen molar-refractivity contribution >= 4 is 40.8 Å². The number of fused-ring (bicyclic) bond motifs is 3. The van der Waals surface area contributed by atoms with E-state index in [0.29, 0.717) is 5.84 Å². The summed E-state index contributed by atoms with van der Waals surface area (Å²) >= 11 is 0. The van der Waals surface area contributed by atoms with E-state index in [2.05, 4.69) is 30.5 Å². The largest absolute Gasteiger partial charge is 0.403 e. The third-order valence-electron chi connectivity index (χ3n) is 6.30. The lowest BCUT2D eigenvalue weighted by Gasteiger charge is -2.30. The van der Waals surface area contributed by atoms with Crippen LogP contribution in [0, 0.1) is 5.41 Å². The van der Waals surface area contributed by atoms with Crippen LogP contribution in [0.2, 0.25) is 0 Å². The summed E-state index contributed by atoms with van der Waals surface area (Å²) in [4.78, 5) is 24.8. The molecule has 194 valence electrons. The first-order valence-corrected chi connectivity index (χ1v) is 13.7. The van der Waals surface area contributed by atoms with Gasteiger partial charge >= 0.3 is 7.75 Å². The Labute approximate surface area is 200 Å². The Morgan fingerprint density at radius 2 is 2.17 bits per heavy atom. The van der Waals surface area contributed by atoms with Crippen molar-refractivity contribution < 1.29 is 37.7 Å². The van der Waals surface area contributed by atoms with Gasteiger partial charge in [0.2, 0.25) is 0 Å². The molecule has 5 rings (SSSR count). The Kier molecular flexibility index (Phi) is 7.07. The zero-order chi connectivity index (χ0) is 24.7. The monoisotopic (exact) mass is 535 g/mol. The summed E-state index contributed by atoms with van der Waals surface area (Å²) in [6.07, 6.45) is -1.02. The minimum Gasteiger partial charge on any atom is -0.387 e. The summed E-state index contributed by atoms with van der Waals surface area (Å²) in [5.74, 6) is 0.320. The van der Waals surface area contributed by atoms with E-state index in [1.165, 1.54) is 6.34 Å². The summed E-state index contributed by atoms with van der Waals surface area (Å²) in [5, 5.41) is 25.4. The van der Waals surface area contributed by atoms with Crippen LogP contribution in [0.3, 0.4) is 0 Å². The van der Waals surface area contributed by atoms with Crippen LogP contribution >= 0.6 is 15.9 Å². The highest BCUT2D eigenvalue weighted by molar-refractivity contribution is 7.50. The molecule has 0 aromatic carbocycles. The molecule has 3 saturated heterocycles. The Balaban J connectivity index is 1.30. The third-order valence-corrected chi connectivity index (χ3v) is 8.45. The number of hydrogen-bond acceptors (Lipinski definition) is 13. The van der Waals surface area contributed by atoms with Crippen LogP contribution in [0.5, 0.6) is 0 Å². The zero-order valence-electron chi connectivity index (χ0n) is 18.2. The molecule has 11 atom stereocenters. The second kappa shape index (κ2) is 9.94. The molecule has 5 aliphatic heterocycles. The summed E-state index contributed by atoms with van der Waals surface area (Å²) in [7, 11) is -7.24. The standard InChI is InChI=1S/C16H27N9O8P2/c17-4-19-16-13(26)11-9(33-16)3-31-35(28,29)24-7-1-10(32-8(7)2-30-34(27)23-11)25-6-22-12-14(18)20-5-21-15(12)25/h4-13,15-16,26,34H,1-3H2,(H2,17,19)(H,23,27)(H2,18,20,21)(H2,24,28,29)/t7-,8+,9+,10+,11+,12?,13+,15?,16+/m0/s1. The van der Waals surface area contributed by atoms with Crippen molar-refractivity contribution in [2.45, 2.75) is 61.5 Å². The van der Waals surface area contributed by atoms with Gasteiger partial charge < -0.3 is 39.9 Å². The Hall–Kier alpha value is -1.78. The number of ether oxygens (including phenoxy) is 2. The first kappa shape index (κ1) is 24.9. The maximum atomic E-state index is 12.8. The van der Waals surface area contributed by atoms with Crippen LogP contribution < -0.4 is 21.2 Å². The molecule has 3 fully saturated rings. The van der Waals surface area contributed by atoms with Crippen molar-refractivity contribution in [3.8, 4) is 0 Å². The third kappa shape index (κ3) is 5.06. The second-order valence-electron chi connectivity index (χ2n) is 8.47. The summed E-state index contributed by atoms with van der Waals surface area (Å²) in [6.45, 7) is -0.584. The molecular weight excluding hydrogens is 508 g/mol. The van der Waals surface area contributed by atoms with Gasteiger partial charge in [0.15, 0.2) is 12.4 Å². The molecule has 0 aromatic heterocycles. The van der Waals surface area contributed by atoms with E-state index < -0.39 is 77.6 Å². The van der Waals surface area contributed by atoms with Crippen molar-refractivity contribution in [2.75, 3.05) is 13.2 Å². The normalized spacial score (nSPS) is 47.7. The smallest absolute Gasteiger partial charge is 0.387 e. The van der Waals surface area contributed by atoms with E-state index in [-0.39, 0.29) is 13.0 Å². The summed E-state index contributed by atoms with van der Waals surface area (Å²) in [5.41, 5.74) is 5.91. The molecule has 0 bridgehead atoms. The average molecular weight is 535 g/mol. The predicted octanol–water partition coefficient (Wildman–Crippen LogP) is -2.73. The van der Waals surface area contributed by atoms with Gasteiger partial charge in [0.25, 0.3) is 8.18 Å². The van der Waals surface area contributed by atoms with Crippen LogP contribution in [-0.4, -0.2) is 108 Å². The summed E-state index contributed by atoms with van der Waals surface area (Å²) in [6, 6.07) is -2.10. The van der Waals surface area contributed by atoms with Crippen LogP contribution in [-0.2, 0) is 27.7 Å². The Morgan fingerprint density at radius 3 is 2.97 bits per heavy atom. The molecule has 0 radical (unpaired) electrons. The van der Waals surface area contributed by atoms with E-state index in [9.17, 15) is 19.1 Å². The van der Waals surface area contributed by atoms with Gasteiger partial charge in [0.1, 0.15) is 36.7 Å². The van der Waals surface area contributed by atoms with Crippen molar-refractivity contribution in [1.29, 1.82) is 5.41 Å². The van der Waals surface area contributed by atoms with Gasteiger partial charge in [-0.05, 0) is 0 Å². The highest BCUT2D eigenvalue weighted by Gasteiger charge is 2.49. The fourth-order valence-electron chi connectivity index (χ4n) is 4.60. The van der Waals surface area contributed by atoms with E-state index in [4.69, 9.17) is 29.7 Å². The molecule has 8 N–H and O–H groups in total. The molecule has 5 aliphatic rings. The molecule has 0 saturated carbocycles. The van der Waals surface area contributed by atoms with Gasteiger partial charge in [-0.15, -0.1) is 0 Å². The Morgan fingerprint density at radius 1 is 1.34 bits per heavy atom. The van der Waals surface area contributed by atoms with Crippen molar-refractivity contribution in [3.63, 3.8) is 0 Å². The lowest BCUT2D eigenvalue weighted by Crippen LogP contribution is -2.47. The van der Waals surface area contributed by atoms with Crippen LogP contribution in [0.15, 0.2) is 15.0 Å². The molecule has 5 heterocycles. The van der Waals surface area contributed by atoms with Crippen molar-refractivity contribution in [2.24, 2.45) is 20.7 Å². The maximum absolute atomic E-state index is 12.8. The van der Waals surface area contributed by atoms with Gasteiger partial charge in [-0.3, -0.25) is 19.5 Å². The van der Waals surface area contributed by atoms with Crippen LogP contribution in [0.1, 0.15) is 6.42 Å². The molecular formula is C16H27N9O8P2. The number of nitrogens with one attached hydrogen (secondary N) is 4. The van der Waals surface area contributed by atoms with Gasteiger partial charge in [0, 0.05) is 6.42 Å². The SMILES string of the molecule is N=CN[C@@H]1O[C@@H]2COP(=O)(O)N[C@H]3C[C@H](N4C=NC5C(N)=NC=NC54)O[C@@H]3CO[PH](=O)N[C@H]2[C@H]1O. The quantitative estimate of drug-likeness (QED) is 0.111. The molecule has 19 heteroatoms. The number of aliphatic imine (C=N–C) groups is 3. The molecule has 17 nitrogen and oxygen atoms in total. The predicted molar refractivity (Wildman–Crippen MR) is 122 cm³/mol. The van der Waals surface area contributed by atoms with Gasteiger partial charge in [-0.25, -0.2) is 24.7 Å². The lowest BCUT2D eigenvalue weighted by atomic mass is 10.1. The van der Waals surface area contributed by atoms with Crippen molar-refractivity contribution in [3.05, 3.63) is 0 Å². The topological polar surface area (TPSA) is 238 Å². The number of aliphatic hydroxyl groups excluding tert-OH is 1. The number of hydrogen-bond donors (Lipinski definition) is 7. The summed E-state index contributed by atoms with van der Waals surface area (Å²) < 4.78 is 47.9. The minimum atomic E-state index is -4.36. The number of aliphatic hydroxyl groups is 1. The fourth-order valence-corrected chi connectivity index (χ4v) is 6.74. The number of nitrogens with two attached hydrogens (primary N) is 1. The fraction of sp³-hybridized carbons (Fsp3) is 0.750. The first-order valence-electron chi connectivity index (χ1n) is 10.8. The van der Waals surface area contributed by atoms with Gasteiger partial charge in [-0.2, -0.15) is 0 Å². The first-order chi connectivity index (χ1) is 16.8. The van der Waals surface area contributed by atoms with Crippen LogP contribution in [0.4, 0.5) is 0 Å². The highest BCUT2D eigenvalue weighted by atomic mass is 31.2. The van der Waals surface area contributed by atoms with Gasteiger partial charge in [-0.1, -0.05) is 0 Å². The zero-order valence-corrected chi connectivity index (χ0v) is 20.1. The minimum absolute atomic E-state index is 0.179. The Bertz CT molecular complexity index is 1000. The highest BCUT2D eigenvalue weighted by Crippen LogP contribution is 2.43. The van der Waals surface area contributed by atoms with E-state index in [0.717, 1.165) is 6.34 Å². The number of rotatable bonds is 3. The van der Waals surface area contributed by atoms with E-state index >= 15 is 0 Å². The van der Waals surface area contributed by atoms with Gasteiger partial charge in [0.05, 0.1) is 44.1 Å². The molecule has 35 heavy (non-hydrogen) atoms. The number of amidine groups is 1. The molecule has 0 aromatic rings. The lowest BCUT2D eigenvalue weighted by molar-refractivity contribution is -0.0472. The van der Waals surface area contributed by atoms with Crippen LogP contribution in [0.25, 0.3) is 0 Å². The average Bonchev–Trinajstić information content (AvgIpc) is 3.48. The molecule has 0 amide bonds. The van der Waals surface area contributed by atoms with Crippen molar-refractivity contribution in [1.82, 2.24) is 20.4 Å². The number of nitrogens with zero attached hydrogens (tertiary/aromatic N) is 4. The molecule has 0 spiro atoms. The molecule has 4 unspecified atom stereocenters. The molecule has 0 aliphatic carbocycles.